The number of hydrogen-bond donors (Lipinski definition) is 4. The second kappa shape index (κ2) is 6.72. The Balaban J connectivity index is 2.11. The quantitative estimate of drug-likeness (QED) is 0.583. The van der Waals surface area contributed by atoms with E-state index in [2.05, 4.69) is 0 Å². The Labute approximate surface area is 127 Å². The summed E-state index contributed by atoms with van der Waals surface area (Å²) in [6, 6.07) is 5.82. The first kappa shape index (κ1) is 16.2. The molecule has 1 aliphatic heterocycles. The summed E-state index contributed by atoms with van der Waals surface area (Å²) < 4.78 is 0. The Morgan fingerprint density at radius 1 is 1.19 bits per heavy atom. The first-order chi connectivity index (χ1) is 9.93. The van der Waals surface area contributed by atoms with Gasteiger partial charge in [-0.05, 0) is 17.7 Å². The molecule has 21 heavy (non-hydrogen) atoms. The number of carbonyl (C=O) groups excluding carboxylic acids is 1. The van der Waals surface area contributed by atoms with Crippen LogP contribution in [0.5, 0.6) is 0 Å². The van der Waals surface area contributed by atoms with Crippen molar-refractivity contribution in [3.8, 4) is 0 Å². The summed E-state index contributed by atoms with van der Waals surface area (Å²) in [5.74, 6) is -0.346. The number of hydrogen-bond acceptors (Lipinski definition) is 5. The van der Waals surface area contributed by atoms with Gasteiger partial charge in [0.1, 0.15) is 18.3 Å². The molecule has 0 aromatic heterocycles. The van der Waals surface area contributed by atoms with Crippen LogP contribution >= 0.6 is 11.6 Å². The molecule has 1 heterocycles. The summed E-state index contributed by atoms with van der Waals surface area (Å²) in [6.07, 6.45) is -3.94. The number of nitrogens with zero attached hydrogens (tertiary/aromatic N) is 1. The lowest BCUT2D eigenvalue weighted by Gasteiger charge is -2.43. The van der Waals surface area contributed by atoms with Gasteiger partial charge in [-0.2, -0.15) is 0 Å². The highest BCUT2D eigenvalue weighted by atomic mass is 35.5. The number of amides is 1. The molecule has 1 aromatic carbocycles. The molecular weight excluding hydrogens is 298 g/mol. The normalized spacial score (nSPS) is 29.5. The summed E-state index contributed by atoms with van der Waals surface area (Å²) in [7, 11) is 0. The molecule has 0 spiro atoms. The van der Waals surface area contributed by atoms with E-state index >= 15 is 0 Å². The third kappa shape index (κ3) is 3.53. The van der Waals surface area contributed by atoms with Crippen LogP contribution in [0.15, 0.2) is 24.3 Å². The summed E-state index contributed by atoms with van der Waals surface area (Å²) in [6.45, 7) is -0.618. The number of halogens is 1. The fourth-order valence-electron chi connectivity index (χ4n) is 2.46. The van der Waals surface area contributed by atoms with Crippen molar-refractivity contribution in [3.63, 3.8) is 0 Å². The van der Waals surface area contributed by atoms with Gasteiger partial charge in [0.25, 0.3) is 0 Å². The Morgan fingerprint density at radius 3 is 2.38 bits per heavy atom. The minimum atomic E-state index is -1.38. The van der Waals surface area contributed by atoms with Crippen LogP contribution in [0.2, 0.25) is 5.02 Å². The zero-order chi connectivity index (χ0) is 15.6. The van der Waals surface area contributed by atoms with Crippen molar-refractivity contribution in [3.05, 3.63) is 34.9 Å². The molecular formula is C14H18ClNO5. The average molecular weight is 316 g/mol. The second-order valence-corrected chi connectivity index (χ2v) is 5.58. The molecule has 0 bridgehead atoms. The Bertz CT molecular complexity index is 495. The molecule has 0 saturated carbocycles. The van der Waals surface area contributed by atoms with Gasteiger partial charge in [-0.15, -0.1) is 0 Å². The van der Waals surface area contributed by atoms with Gasteiger partial charge in [-0.25, -0.2) is 0 Å². The summed E-state index contributed by atoms with van der Waals surface area (Å²) in [4.78, 5) is 13.5. The number of rotatable bonds is 3. The van der Waals surface area contributed by atoms with Gasteiger partial charge < -0.3 is 25.3 Å². The summed E-state index contributed by atoms with van der Waals surface area (Å²) in [5.41, 5.74) is 0.733. The molecule has 4 atom stereocenters. The maximum Gasteiger partial charge on any atom is 0.227 e. The van der Waals surface area contributed by atoms with Gasteiger partial charge in [-0.1, -0.05) is 23.7 Å². The number of likely N-dealkylation sites (tertiary alicyclic amines) is 1. The van der Waals surface area contributed by atoms with Crippen LogP contribution < -0.4 is 0 Å². The van der Waals surface area contributed by atoms with E-state index in [1.165, 1.54) is 4.90 Å². The van der Waals surface area contributed by atoms with Crippen LogP contribution in [0, 0.1) is 0 Å². The number of carbonyl (C=O) groups is 1. The molecule has 1 fully saturated rings. The van der Waals surface area contributed by atoms with Crippen molar-refractivity contribution in [1.82, 2.24) is 4.90 Å². The second-order valence-electron chi connectivity index (χ2n) is 5.15. The predicted octanol–water partition coefficient (Wildman–Crippen LogP) is -0.832. The van der Waals surface area contributed by atoms with Crippen LogP contribution in [0.25, 0.3) is 0 Å². The van der Waals surface area contributed by atoms with Crippen molar-refractivity contribution in [2.45, 2.75) is 30.8 Å². The molecule has 0 unspecified atom stereocenters. The van der Waals surface area contributed by atoms with Gasteiger partial charge >= 0.3 is 0 Å². The van der Waals surface area contributed by atoms with E-state index < -0.39 is 31.0 Å². The van der Waals surface area contributed by atoms with E-state index in [9.17, 15) is 25.2 Å². The lowest BCUT2D eigenvalue weighted by Crippen LogP contribution is -2.64. The molecule has 1 aliphatic rings. The van der Waals surface area contributed by atoms with Gasteiger partial charge in [-0.3, -0.25) is 4.79 Å². The SMILES string of the molecule is O=C(Cc1ccc(Cl)cc1)N1C[C@H](O)[C@@H](O)[C@H](O)[C@H]1CO. The monoisotopic (exact) mass is 315 g/mol. The Morgan fingerprint density at radius 2 is 1.81 bits per heavy atom. The highest BCUT2D eigenvalue weighted by Crippen LogP contribution is 2.20. The first-order valence-corrected chi connectivity index (χ1v) is 7.00. The van der Waals surface area contributed by atoms with Gasteiger partial charge in [0.15, 0.2) is 0 Å². The molecule has 1 saturated heterocycles. The van der Waals surface area contributed by atoms with Crippen molar-refractivity contribution in [2.75, 3.05) is 13.2 Å². The number of β-amino-alcohol motifs (C(OH)–C–C–N with tert-alkyl or cyclic N) is 1. The number of benzene rings is 1. The molecule has 116 valence electrons. The van der Waals surface area contributed by atoms with Crippen molar-refractivity contribution in [1.29, 1.82) is 0 Å². The van der Waals surface area contributed by atoms with Crippen molar-refractivity contribution < 1.29 is 25.2 Å². The van der Waals surface area contributed by atoms with Crippen LogP contribution in [0.3, 0.4) is 0 Å². The fourth-order valence-corrected chi connectivity index (χ4v) is 2.58. The smallest absolute Gasteiger partial charge is 0.227 e. The number of aliphatic hydroxyl groups excluding tert-OH is 4. The molecule has 6 nitrogen and oxygen atoms in total. The lowest BCUT2D eigenvalue weighted by atomic mass is 9.93. The fraction of sp³-hybridized carbons (Fsp3) is 0.500. The number of piperidine rings is 1. The Kier molecular flexibility index (Phi) is 5.18. The minimum Gasteiger partial charge on any atom is -0.394 e. The van der Waals surface area contributed by atoms with E-state index in [4.69, 9.17) is 11.6 Å². The maximum absolute atomic E-state index is 12.3. The standard InChI is InChI=1S/C14H18ClNO5/c15-9-3-1-8(2-4-9)5-12(19)16-6-11(18)14(21)13(20)10(16)7-17/h1-4,10-11,13-14,17-18,20-21H,5-7H2/t10-,11+,13-,14-/m1/s1. The average Bonchev–Trinajstić information content (AvgIpc) is 2.46. The van der Waals surface area contributed by atoms with Crippen LogP contribution in [0.1, 0.15) is 5.56 Å². The Hall–Kier alpha value is -1.18. The van der Waals surface area contributed by atoms with Gasteiger partial charge in [0, 0.05) is 11.6 Å². The van der Waals surface area contributed by atoms with E-state index in [0.29, 0.717) is 5.02 Å². The highest BCUT2D eigenvalue weighted by Gasteiger charge is 2.42. The third-order valence-electron chi connectivity index (χ3n) is 3.70. The first-order valence-electron chi connectivity index (χ1n) is 6.63. The van der Waals surface area contributed by atoms with Gasteiger partial charge in [0.05, 0.1) is 19.1 Å². The largest absolute Gasteiger partial charge is 0.394 e. The van der Waals surface area contributed by atoms with Crippen molar-refractivity contribution in [2.24, 2.45) is 0 Å². The molecule has 7 heteroatoms. The molecule has 2 rings (SSSR count). The van der Waals surface area contributed by atoms with Crippen LogP contribution in [0.4, 0.5) is 0 Å². The maximum atomic E-state index is 12.3. The molecule has 4 N–H and O–H groups in total. The molecule has 0 aliphatic carbocycles. The third-order valence-corrected chi connectivity index (χ3v) is 3.95. The van der Waals surface area contributed by atoms with E-state index in [1.807, 2.05) is 0 Å². The topological polar surface area (TPSA) is 101 Å². The van der Waals surface area contributed by atoms with E-state index in [0.717, 1.165) is 5.56 Å². The zero-order valence-corrected chi connectivity index (χ0v) is 12.0. The molecule has 0 radical (unpaired) electrons. The molecule has 1 aromatic rings. The number of aliphatic hydroxyl groups is 4. The minimum absolute atomic E-state index is 0.0587. The highest BCUT2D eigenvalue weighted by molar-refractivity contribution is 6.30. The van der Waals surface area contributed by atoms with E-state index in [-0.39, 0.29) is 18.9 Å². The summed E-state index contributed by atoms with van der Waals surface area (Å²) >= 11 is 5.77. The van der Waals surface area contributed by atoms with Gasteiger partial charge in [0.2, 0.25) is 5.91 Å². The van der Waals surface area contributed by atoms with Crippen molar-refractivity contribution >= 4 is 17.5 Å². The lowest BCUT2D eigenvalue weighted by molar-refractivity contribution is -0.165. The summed E-state index contributed by atoms with van der Waals surface area (Å²) in [5, 5.41) is 39.0. The zero-order valence-electron chi connectivity index (χ0n) is 11.3. The van der Waals surface area contributed by atoms with Crippen LogP contribution in [-0.4, -0.2) is 68.7 Å². The molecule has 1 amide bonds. The van der Waals surface area contributed by atoms with Crippen LogP contribution in [-0.2, 0) is 11.2 Å². The van der Waals surface area contributed by atoms with E-state index in [1.54, 1.807) is 24.3 Å². The predicted molar refractivity (Wildman–Crippen MR) is 75.8 cm³/mol.